The molecule has 8 heteroatoms. The van der Waals surface area contributed by atoms with Crippen LogP contribution in [0.4, 0.5) is 0 Å². The minimum absolute atomic E-state index is 0. The molecule has 1 aliphatic rings. The summed E-state index contributed by atoms with van der Waals surface area (Å²) < 4.78 is 10.6. The van der Waals surface area contributed by atoms with Crippen LogP contribution in [-0.4, -0.2) is 55.9 Å². The number of hydrogen-bond donors (Lipinski definition) is 3. The van der Waals surface area contributed by atoms with E-state index >= 15 is 0 Å². The van der Waals surface area contributed by atoms with Crippen LogP contribution in [0.1, 0.15) is 31.4 Å². The van der Waals surface area contributed by atoms with Crippen LogP contribution in [0.5, 0.6) is 11.5 Å². The number of methoxy groups -OCH3 is 2. The number of guanidine groups is 1. The summed E-state index contributed by atoms with van der Waals surface area (Å²) in [6, 6.07) is 5.39. The largest absolute Gasteiger partial charge is 0.497 e. The number of aliphatic hydroxyl groups is 1. The van der Waals surface area contributed by atoms with Crippen molar-refractivity contribution in [1.29, 1.82) is 0 Å². The van der Waals surface area contributed by atoms with Gasteiger partial charge in [-0.1, -0.05) is 0 Å². The molecular weight excluding hydrogens is 465 g/mol. The van der Waals surface area contributed by atoms with Gasteiger partial charge in [-0.05, 0) is 43.7 Å². The number of aliphatic imine (C=N–C) groups is 1. The minimum atomic E-state index is -0.763. The molecule has 0 aromatic heterocycles. The van der Waals surface area contributed by atoms with Gasteiger partial charge in [0.1, 0.15) is 17.6 Å². The Kier molecular flexibility index (Phi) is 11.1. The summed E-state index contributed by atoms with van der Waals surface area (Å²) in [5, 5.41) is 17.8. The molecule has 0 saturated carbocycles. The van der Waals surface area contributed by atoms with Crippen LogP contribution >= 0.6 is 35.7 Å². The minimum Gasteiger partial charge on any atom is -0.497 e. The molecular formula is C18H30IN3O3S. The molecule has 1 saturated heterocycles. The van der Waals surface area contributed by atoms with Gasteiger partial charge in [-0.2, -0.15) is 11.8 Å². The summed E-state index contributed by atoms with van der Waals surface area (Å²) >= 11 is 2.01. The average Bonchev–Trinajstić information content (AvgIpc) is 3.16. The monoisotopic (exact) mass is 495 g/mol. The third-order valence-electron chi connectivity index (χ3n) is 4.08. The highest BCUT2D eigenvalue weighted by molar-refractivity contribution is 14.0. The van der Waals surface area contributed by atoms with E-state index in [0.29, 0.717) is 22.3 Å². The van der Waals surface area contributed by atoms with Crippen LogP contribution in [0.3, 0.4) is 0 Å². The Balaban J connectivity index is 0.00000338. The van der Waals surface area contributed by atoms with Gasteiger partial charge in [0.2, 0.25) is 0 Å². The second kappa shape index (κ2) is 12.5. The zero-order valence-corrected chi connectivity index (χ0v) is 18.8. The summed E-state index contributed by atoms with van der Waals surface area (Å²) in [5.74, 6) is 3.29. The maximum Gasteiger partial charge on any atom is 0.191 e. The molecule has 3 N–H and O–H groups in total. The highest BCUT2D eigenvalue weighted by Crippen LogP contribution is 2.29. The molecule has 0 amide bonds. The van der Waals surface area contributed by atoms with Crippen molar-refractivity contribution in [3.05, 3.63) is 23.8 Å². The Hall–Kier alpha value is -0.870. The zero-order chi connectivity index (χ0) is 18.1. The van der Waals surface area contributed by atoms with E-state index in [9.17, 15) is 5.11 Å². The molecule has 148 valence electrons. The fourth-order valence-corrected chi connectivity index (χ4v) is 3.93. The third-order valence-corrected chi connectivity index (χ3v) is 5.48. The highest BCUT2D eigenvalue weighted by atomic mass is 127. The Labute approximate surface area is 177 Å². The number of benzene rings is 1. The first kappa shape index (κ1) is 23.2. The Morgan fingerprint density at radius 3 is 2.77 bits per heavy atom. The van der Waals surface area contributed by atoms with E-state index in [4.69, 9.17) is 9.47 Å². The Bertz CT molecular complexity index is 569. The number of ether oxygens (including phenoxy) is 2. The maximum absolute atomic E-state index is 10.5. The Morgan fingerprint density at radius 1 is 1.35 bits per heavy atom. The van der Waals surface area contributed by atoms with E-state index in [1.165, 1.54) is 18.6 Å². The molecule has 1 heterocycles. The smallest absolute Gasteiger partial charge is 0.191 e. The number of rotatable bonds is 8. The van der Waals surface area contributed by atoms with Crippen molar-refractivity contribution in [3.8, 4) is 11.5 Å². The molecule has 1 aromatic carbocycles. The van der Waals surface area contributed by atoms with Crippen molar-refractivity contribution < 1.29 is 14.6 Å². The van der Waals surface area contributed by atoms with Crippen molar-refractivity contribution in [2.45, 2.75) is 31.1 Å². The number of thioether (sulfide) groups is 1. The summed E-state index contributed by atoms with van der Waals surface area (Å²) in [5.41, 5.74) is 0.674. The lowest BCUT2D eigenvalue weighted by Gasteiger charge is -2.17. The van der Waals surface area contributed by atoms with Gasteiger partial charge < -0.3 is 25.2 Å². The van der Waals surface area contributed by atoms with Crippen LogP contribution in [0.15, 0.2) is 23.2 Å². The molecule has 1 fully saturated rings. The van der Waals surface area contributed by atoms with E-state index in [1.807, 2.05) is 24.8 Å². The van der Waals surface area contributed by atoms with Gasteiger partial charge in [-0.3, -0.25) is 4.99 Å². The van der Waals surface area contributed by atoms with Crippen LogP contribution in [0.25, 0.3) is 0 Å². The predicted octanol–water partition coefficient (Wildman–Crippen LogP) is 2.81. The van der Waals surface area contributed by atoms with Gasteiger partial charge in [0.15, 0.2) is 5.96 Å². The predicted molar refractivity (Wildman–Crippen MR) is 119 cm³/mol. The standard InChI is InChI=1S/C18H29N3O3S.HI/c1-4-19-18(20-11-14-6-5-9-25-14)21-12-16(22)15-10-13(23-2)7-8-17(15)24-3;/h7-8,10,14,16,22H,4-6,9,11-12H2,1-3H3,(H2,19,20,21);1H. The van der Waals surface area contributed by atoms with Crippen molar-refractivity contribution >= 4 is 41.7 Å². The highest BCUT2D eigenvalue weighted by Gasteiger charge is 2.17. The van der Waals surface area contributed by atoms with Crippen molar-refractivity contribution in [3.63, 3.8) is 0 Å². The topological polar surface area (TPSA) is 75.1 Å². The van der Waals surface area contributed by atoms with E-state index < -0.39 is 6.10 Å². The maximum atomic E-state index is 10.5. The second-order valence-electron chi connectivity index (χ2n) is 5.86. The molecule has 1 aliphatic heterocycles. The van der Waals surface area contributed by atoms with Gasteiger partial charge in [0.25, 0.3) is 0 Å². The summed E-state index contributed by atoms with van der Waals surface area (Å²) in [7, 11) is 3.19. The van der Waals surface area contributed by atoms with E-state index in [2.05, 4.69) is 15.6 Å². The van der Waals surface area contributed by atoms with Gasteiger partial charge in [0, 0.05) is 23.9 Å². The fraction of sp³-hybridized carbons (Fsp3) is 0.611. The molecule has 0 spiro atoms. The van der Waals surface area contributed by atoms with Gasteiger partial charge in [-0.15, -0.1) is 24.0 Å². The van der Waals surface area contributed by atoms with E-state index in [1.54, 1.807) is 26.4 Å². The average molecular weight is 495 g/mol. The van der Waals surface area contributed by atoms with Crippen molar-refractivity contribution in [2.24, 2.45) is 4.99 Å². The number of aliphatic hydroxyl groups excluding tert-OH is 1. The summed E-state index contributed by atoms with van der Waals surface area (Å²) in [6.45, 7) is 3.96. The van der Waals surface area contributed by atoms with Gasteiger partial charge in [-0.25, -0.2) is 0 Å². The zero-order valence-electron chi connectivity index (χ0n) is 15.7. The van der Waals surface area contributed by atoms with Gasteiger partial charge >= 0.3 is 0 Å². The second-order valence-corrected chi connectivity index (χ2v) is 7.27. The molecule has 0 aliphatic carbocycles. The van der Waals surface area contributed by atoms with Crippen LogP contribution < -0.4 is 20.1 Å². The van der Waals surface area contributed by atoms with Crippen LogP contribution in [0, 0.1) is 0 Å². The molecule has 2 unspecified atom stereocenters. The third kappa shape index (κ3) is 7.03. The first-order valence-electron chi connectivity index (χ1n) is 8.71. The normalized spacial score (nSPS) is 18.0. The van der Waals surface area contributed by atoms with Gasteiger partial charge in [0.05, 0.1) is 20.8 Å². The molecule has 2 rings (SSSR count). The number of nitrogens with one attached hydrogen (secondary N) is 2. The summed E-state index contributed by atoms with van der Waals surface area (Å²) in [4.78, 5) is 4.52. The quantitative estimate of drug-likeness (QED) is 0.293. The number of hydrogen-bond acceptors (Lipinski definition) is 5. The lowest BCUT2D eigenvalue weighted by atomic mass is 10.1. The number of halogens is 1. The number of nitrogens with zero attached hydrogens (tertiary/aromatic N) is 1. The lowest BCUT2D eigenvalue weighted by Crippen LogP contribution is -2.40. The van der Waals surface area contributed by atoms with Crippen LogP contribution in [0.2, 0.25) is 0 Å². The lowest BCUT2D eigenvalue weighted by molar-refractivity contribution is 0.182. The van der Waals surface area contributed by atoms with Crippen LogP contribution in [-0.2, 0) is 0 Å². The SMILES string of the molecule is CCNC(=NCC(O)c1cc(OC)ccc1OC)NCC1CCCS1.I. The molecule has 26 heavy (non-hydrogen) atoms. The first-order chi connectivity index (χ1) is 12.2. The first-order valence-corrected chi connectivity index (χ1v) is 9.76. The van der Waals surface area contributed by atoms with Crippen molar-refractivity contribution in [2.75, 3.05) is 39.6 Å². The molecule has 1 aromatic rings. The molecule has 2 atom stereocenters. The molecule has 0 bridgehead atoms. The Morgan fingerprint density at radius 2 is 2.15 bits per heavy atom. The van der Waals surface area contributed by atoms with Crippen molar-refractivity contribution in [1.82, 2.24) is 10.6 Å². The summed E-state index contributed by atoms with van der Waals surface area (Å²) in [6.07, 6.45) is 1.78. The van der Waals surface area contributed by atoms with E-state index in [0.717, 1.165) is 19.0 Å². The van der Waals surface area contributed by atoms with E-state index in [-0.39, 0.29) is 30.5 Å². The fourth-order valence-electron chi connectivity index (χ4n) is 2.73. The molecule has 6 nitrogen and oxygen atoms in total. The molecule has 0 radical (unpaired) electrons.